The average molecular weight is 697 g/mol. The first-order valence-electron chi connectivity index (χ1n) is 14.7. The number of halogens is 4. The molecule has 2 aliphatic heterocycles. The Balaban J connectivity index is 0.000000210. The third-order valence-electron chi connectivity index (χ3n) is 7.89. The number of benzene rings is 2. The Hall–Kier alpha value is -3.16. The van der Waals surface area contributed by atoms with Crippen LogP contribution in [0.4, 0.5) is 19.3 Å². The second kappa shape index (κ2) is 15.2. The minimum absolute atomic E-state index is 0.0604. The number of carbonyl (C=O) groups is 2. The van der Waals surface area contributed by atoms with E-state index in [0.717, 1.165) is 68.4 Å². The molecule has 1 atom stereocenters. The number of carbonyl (C=O) groups excluding carboxylic acids is 2. The molecule has 0 bridgehead atoms. The second-order valence-electron chi connectivity index (χ2n) is 11.0. The van der Waals surface area contributed by atoms with Crippen molar-refractivity contribution in [2.75, 3.05) is 52.3 Å². The van der Waals surface area contributed by atoms with Gasteiger partial charge in [-0.2, -0.15) is 0 Å². The molecule has 1 fully saturated rings. The number of rotatable bonds is 9. The number of alkyl halides is 2. The maximum Gasteiger partial charge on any atom is 0.324 e. The van der Waals surface area contributed by atoms with Crippen LogP contribution in [0, 0.1) is 0 Å². The number of aromatic amines is 1. The first-order valence-corrected chi connectivity index (χ1v) is 16.3. The minimum Gasteiger partial charge on any atom is -0.495 e. The predicted molar refractivity (Wildman–Crippen MR) is 178 cm³/mol. The van der Waals surface area contributed by atoms with E-state index in [4.69, 9.17) is 27.9 Å². The molecular formula is C32H37Cl2F2N5O4S. The lowest BCUT2D eigenvalue weighted by molar-refractivity contribution is 0.0122. The van der Waals surface area contributed by atoms with Crippen LogP contribution in [-0.2, 0) is 12.5 Å². The number of hydrogen-bond acceptors (Lipinski definition) is 7. The molecule has 3 aromatic rings. The number of pyridine rings is 1. The molecule has 1 unspecified atom stereocenters. The third-order valence-corrected chi connectivity index (χ3v) is 9.94. The van der Waals surface area contributed by atoms with Gasteiger partial charge in [0.05, 0.1) is 34.1 Å². The minimum atomic E-state index is -3.25. The lowest BCUT2D eigenvalue weighted by Crippen LogP contribution is -2.49. The maximum absolute atomic E-state index is 13.4. The van der Waals surface area contributed by atoms with Gasteiger partial charge in [0.1, 0.15) is 5.75 Å². The van der Waals surface area contributed by atoms with Gasteiger partial charge in [0.25, 0.3) is 11.5 Å². The highest BCUT2D eigenvalue weighted by Crippen LogP contribution is 2.42. The van der Waals surface area contributed by atoms with Gasteiger partial charge >= 0.3 is 6.03 Å². The second-order valence-corrected chi connectivity index (χ2v) is 12.9. The molecule has 2 N–H and O–H groups in total. The number of anilines is 1. The van der Waals surface area contributed by atoms with Gasteiger partial charge in [-0.15, -0.1) is 0 Å². The quantitative estimate of drug-likeness (QED) is 0.238. The van der Waals surface area contributed by atoms with E-state index >= 15 is 0 Å². The van der Waals surface area contributed by atoms with Crippen molar-refractivity contribution < 1.29 is 23.1 Å². The zero-order valence-electron chi connectivity index (χ0n) is 26.3. The summed E-state index contributed by atoms with van der Waals surface area (Å²) in [5, 5.41) is 3.85. The molecule has 3 heterocycles. The van der Waals surface area contributed by atoms with Crippen molar-refractivity contribution >= 4 is 53.0 Å². The van der Waals surface area contributed by atoms with E-state index in [-0.39, 0.29) is 16.5 Å². The topological polar surface area (TPSA) is 98.0 Å². The number of methoxy groups -OCH3 is 1. The molecular weight excluding hydrogens is 659 g/mol. The van der Waals surface area contributed by atoms with E-state index in [9.17, 15) is 23.2 Å². The van der Waals surface area contributed by atoms with Crippen molar-refractivity contribution in [1.29, 1.82) is 0 Å². The van der Waals surface area contributed by atoms with Gasteiger partial charge in [-0.3, -0.25) is 19.4 Å². The molecule has 1 aromatic heterocycles. The largest absolute Gasteiger partial charge is 0.495 e. The van der Waals surface area contributed by atoms with Crippen molar-refractivity contribution in [1.82, 2.24) is 20.1 Å². The molecule has 5 rings (SSSR count). The normalized spacial score (nSPS) is 16.6. The van der Waals surface area contributed by atoms with Gasteiger partial charge < -0.3 is 19.9 Å². The van der Waals surface area contributed by atoms with Gasteiger partial charge in [-0.25, -0.2) is 13.6 Å². The lowest BCUT2D eigenvalue weighted by Gasteiger charge is -2.35. The SMILES string of the molecule is CC(F)(F)c1cc(Sc2c(Cl)cccc2Cl)c(C=O)c(=O)[nH]1.CCN1CCCN(c2cc3c(cc2OC)C(CNC)N(C)C3)C1=O. The fraction of sp³-hybridized carbons (Fsp3) is 0.406. The number of H-pyrrole nitrogens is 1. The lowest BCUT2D eigenvalue weighted by atomic mass is 10.0. The number of likely N-dealkylation sites (N-methyl/N-ethyl adjacent to an activating group) is 2. The average Bonchev–Trinajstić information content (AvgIpc) is 3.31. The number of fused-ring (bicyclic) bond motifs is 1. The molecule has 1 saturated heterocycles. The molecule has 9 nitrogen and oxygen atoms in total. The number of nitrogens with one attached hydrogen (secondary N) is 2. The van der Waals surface area contributed by atoms with Crippen molar-refractivity contribution in [3.05, 3.63) is 79.2 Å². The zero-order chi connectivity index (χ0) is 33.8. The highest BCUT2D eigenvalue weighted by atomic mass is 35.5. The van der Waals surface area contributed by atoms with E-state index < -0.39 is 17.2 Å². The van der Waals surface area contributed by atoms with Crippen LogP contribution in [0.15, 0.2) is 51.0 Å². The monoisotopic (exact) mass is 695 g/mol. The smallest absolute Gasteiger partial charge is 0.324 e. The summed E-state index contributed by atoms with van der Waals surface area (Å²) in [7, 11) is 5.80. The highest BCUT2D eigenvalue weighted by Gasteiger charge is 2.33. The molecule has 0 aliphatic carbocycles. The molecule has 2 amide bonds. The van der Waals surface area contributed by atoms with Gasteiger partial charge in [-0.1, -0.05) is 41.0 Å². The Kier molecular flexibility index (Phi) is 11.8. The van der Waals surface area contributed by atoms with Crippen LogP contribution in [0.1, 0.15) is 53.5 Å². The number of ether oxygens (including phenoxy) is 1. The van der Waals surface area contributed by atoms with Gasteiger partial charge in [0.2, 0.25) is 0 Å². The van der Waals surface area contributed by atoms with E-state index in [1.807, 2.05) is 28.8 Å². The molecule has 0 saturated carbocycles. The summed E-state index contributed by atoms with van der Waals surface area (Å²) >= 11 is 12.9. The standard InChI is InChI=1S/C18H28N4O2.C14H9Cl2F2NO2S/c1-5-21-7-6-8-22(18(21)23)15-9-13-12-20(3)16(11-19-2)14(13)10-17(15)24-4;1-14(17,18)11-5-10(7(6-20)13(21)19-11)22-12-8(15)3-2-4-9(12)16/h9-10,16,19H,5-8,11-12H2,1-4H3;2-6H,1H3,(H,19,21). The summed E-state index contributed by atoms with van der Waals surface area (Å²) in [6.07, 6.45) is 1.30. The fourth-order valence-corrected chi connectivity index (χ4v) is 7.10. The van der Waals surface area contributed by atoms with E-state index in [1.54, 1.807) is 25.3 Å². The number of urea groups is 1. The Morgan fingerprint density at radius 3 is 2.46 bits per heavy atom. The fourth-order valence-electron chi connectivity index (χ4n) is 5.49. The molecule has 2 aromatic carbocycles. The summed E-state index contributed by atoms with van der Waals surface area (Å²) in [5.74, 6) is -2.46. The first-order chi connectivity index (χ1) is 21.8. The van der Waals surface area contributed by atoms with Crippen LogP contribution in [0.3, 0.4) is 0 Å². The van der Waals surface area contributed by atoms with Crippen LogP contribution in [-0.4, -0.2) is 74.5 Å². The number of aldehydes is 1. The molecule has 0 spiro atoms. The summed E-state index contributed by atoms with van der Waals surface area (Å²) in [6, 6.07) is 10.5. The van der Waals surface area contributed by atoms with E-state index in [1.165, 1.54) is 11.1 Å². The van der Waals surface area contributed by atoms with Crippen LogP contribution < -0.4 is 20.5 Å². The molecule has 2 aliphatic rings. The summed E-state index contributed by atoms with van der Waals surface area (Å²) in [6.45, 7) is 6.81. The Labute approximate surface area is 281 Å². The van der Waals surface area contributed by atoms with Crippen molar-refractivity contribution in [2.24, 2.45) is 0 Å². The van der Waals surface area contributed by atoms with Crippen LogP contribution >= 0.6 is 35.0 Å². The summed E-state index contributed by atoms with van der Waals surface area (Å²) in [5.41, 5.74) is 1.75. The van der Waals surface area contributed by atoms with Gasteiger partial charge in [0, 0.05) is 55.5 Å². The van der Waals surface area contributed by atoms with E-state index in [2.05, 4.69) is 29.4 Å². The van der Waals surface area contributed by atoms with Gasteiger partial charge in [0.15, 0.2) is 6.29 Å². The number of amides is 2. The van der Waals surface area contributed by atoms with Gasteiger partial charge in [-0.05, 0) is 68.9 Å². The molecule has 14 heteroatoms. The Bertz CT molecular complexity index is 1630. The van der Waals surface area contributed by atoms with Crippen LogP contribution in [0.2, 0.25) is 10.0 Å². The number of hydrogen-bond donors (Lipinski definition) is 2. The van der Waals surface area contributed by atoms with Crippen LogP contribution in [0.25, 0.3) is 0 Å². The van der Waals surface area contributed by atoms with E-state index in [0.29, 0.717) is 34.2 Å². The third kappa shape index (κ3) is 7.69. The number of nitrogens with zero attached hydrogens (tertiary/aromatic N) is 3. The zero-order valence-corrected chi connectivity index (χ0v) is 28.6. The molecule has 46 heavy (non-hydrogen) atoms. The summed E-state index contributed by atoms with van der Waals surface area (Å²) in [4.78, 5) is 44.2. The molecule has 0 radical (unpaired) electrons. The number of aromatic nitrogens is 1. The van der Waals surface area contributed by atoms with Crippen molar-refractivity contribution in [2.45, 2.75) is 48.6 Å². The molecule has 248 valence electrons. The van der Waals surface area contributed by atoms with Crippen LogP contribution in [0.5, 0.6) is 5.75 Å². The Morgan fingerprint density at radius 2 is 1.87 bits per heavy atom. The maximum atomic E-state index is 13.4. The first kappa shape index (κ1) is 35.7. The predicted octanol–water partition coefficient (Wildman–Crippen LogP) is 6.81. The van der Waals surface area contributed by atoms with Crippen molar-refractivity contribution in [3.63, 3.8) is 0 Å². The Morgan fingerprint density at radius 1 is 1.17 bits per heavy atom. The van der Waals surface area contributed by atoms with Crippen molar-refractivity contribution in [3.8, 4) is 5.75 Å². The highest BCUT2D eigenvalue weighted by molar-refractivity contribution is 7.99. The summed E-state index contributed by atoms with van der Waals surface area (Å²) < 4.78 is 32.5.